The molecule has 2 aromatic rings. The number of nitrogens with one attached hydrogen (secondary N) is 1. The van der Waals surface area contributed by atoms with E-state index in [1.807, 2.05) is 54.6 Å². The van der Waals surface area contributed by atoms with E-state index in [9.17, 15) is 9.59 Å². The third-order valence-corrected chi connectivity index (χ3v) is 6.04. The predicted molar refractivity (Wildman–Crippen MR) is 124 cm³/mol. The maximum absolute atomic E-state index is 11.7. The minimum atomic E-state index is -0.765. The lowest BCUT2D eigenvalue weighted by Gasteiger charge is -2.09. The van der Waals surface area contributed by atoms with E-state index in [4.69, 9.17) is 14.6 Å². The number of carboxylic acid groups (broad SMARTS) is 1. The fraction of sp³-hybridized carbons (Fsp3) is 0.364. The maximum Gasteiger partial charge on any atom is 0.306 e. The summed E-state index contributed by atoms with van der Waals surface area (Å²) < 4.78 is 10.8. The maximum atomic E-state index is 11.7. The fourth-order valence-corrected chi connectivity index (χ4v) is 4.33. The Bertz CT molecular complexity index is 756. The molecule has 6 nitrogen and oxygen atoms in total. The van der Waals surface area contributed by atoms with Crippen LogP contribution in [0.2, 0.25) is 0 Å². The molecule has 0 aromatic heterocycles. The molecule has 0 saturated carbocycles. The zero-order valence-electron chi connectivity index (χ0n) is 16.7. The summed E-state index contributed by atoms with van der Waals surface area (Å²) in [7, 11) is 0. The Kier molecular flexibility index (Phi) is 11.7. The molecule has 0 radical (unpaired) electrons. The van der Waals surface area contributed by atoms with Crippen LogP contribution in [0, 0.1) is 0 Å². The number of thioether (sulfide) groups is 2. The first-order chi connectivity index (χ1) is 14.6. The highest BCUT2D eigenvalue weighted by Crippen LogP contribution is 2.19. The van der Waals surface area contributed by atoms with Crippen molar-refractivity contribution in [3.8, 4) is 5.75 Å². The highest BCUT2D eigenvalue weighted by molar-refractivity contribution is 8.02. The molecule has 0 saturated heterocycles. The van der Waals surface area contributed by atoms with E-state index >= 15 is 0 Å². The van der Waals surface area contributed by atoms with Gasteiger partial charge >= 0.3 is 11.9 Å². The third-order valence-electron chi connectivity index (χ3n) is 3.81. The van der Waals surface area contributed by atoms with Gasteiger partial charge in [0.25, 0.3) is 0 Å². The summed E-state index contributed by atoms with van der Waals surface area (Å²) in [6, 6.07) is 17.5. The van der Waals surface area contributed by atoms with Gasteiger partial charge in [-0.1, -0.05) is 18.2 Å². The first-order valence-electron chi connectivity index (χ1n) is 9.71. The molecule has 2 N–H and O–H groups in total. The lowest BCUT2D eigenvalue weighted by atomic mass is 10.2. The zero-order chi connectivity index (χ0) is 21.4. The quantitative estimate of drug-likeness (QED) is 0.299. The van der Waals surface area contributed by atoms with Crippen LogP contribution in [0.5, 0.6) is 5.75 Å². The molecule has 0 bridgehead atoms. The van der Waals surface area contributed by atoms with Crippen molar-refractivity contribution < 1.29 is 24.2 Å². The normalized spacial score (nSPS) is 10.4. The number of carboxylic acids is 1. The second kappa shape index (κ2) is 14.6. The fourth-order valence-electron chi connectivity index (χ4n) is 2.35. The smallest absolute Gasteiger partial charge is 0.306 e. The van der Waals surface area contributed by atoms with Gasteiger partial charge in [0.1, 0.15) is 19.0 Å². The molecule has 0 aliphatic rings. The lowest BCUT2D eigenvalue weighted by molar-refractivity contribution is -0.143. The number of carbonyl (C=O) groups excluding carboxylic acids is 1. The average Bonchev–Trinajstić information content (AvgIpc) is 2.75. The average molecular weight is 450 g/mol. The van der Waals surface area contributed by atoms with Gasteiger partial charge < -0.3 is 19.9 Å². The summed E-state index contributed by atoms with van der Waals surface area (Å²) >= 11 is 3.29. The Labute approximate surface area is 185 Å². The Morgan fingerprint density at radius 1 is 0.800 bits per heavy atom. The van der Waals surface area contributed by atoms with Crippen LogP contribution < -0.4 is 10.1 Å². The van der Waals surface area contributed by atoms with E-state index < -0.39 is 5.97 Å². The largest absolute Gasteiger partial charge is 0.490 e. The van der Waals surface area contributed by atoms with Gasteiger partial charge in [0.05, 0.1) is 12.8 Å². The number of esters is 1. The summed E-state index contributed by atoms with van der Waals surface area (Å²) in [5.74, 6) is 2.85. The number of aliphatic carboxylic acids is 1. The molecule has 162 valence electrons. The van der Waals surface area contributed by atoms with Crippen LogP contribution in [0.15, 0.2) is 54.6 Å². The summed E-state index contributed by atoms with van der Waals surface area (Å²) in [5.41, 5.74) is 1.99. The summed E-state index contributed by atoms with van der Waals surface area (Å²) in [5, 5.41) is 11.9. The van der Waals surface area contributed by atoms with Gasteiger partial charge in [0.2, 0.25) is 0 Å². The molecule has 8 heteroatoms. The molecule has 0 atom stereocenters. The molecule has 0 aliphatic carbocycles. The van der Waals surface area contributed by atoms with Crippen LogP contribution in [-0.2, 0) is 14.3 Å². The first-order valence-corrected chi connectivity index (χ1v) is 12.0. The molecular formula is C22H27NO5S2. The van der Waals surface area contributed by atoms with Gasteiger partial charge in [0.15, 0.2) is 0 Å². The van der Waals surface area contributed by atoms with Crippen molar-refractivity contribution in [3.63, 3.8) is 0 Å². The van der Waals surface area contributed by atoms with Crippen LogP contribution >= 0.6 is 23.5 Å². The molecule has 0 aliphatic heterocycles. The van der Waals surface area contributed by atoms with Crippen LogP contribution in [-0.4, -0.2) is 53.3 Å². The number of hydrogen-bond donors (Lipinski definition) is 2. The third kappa shape index (κ3) is 11.0. The summed E-state index contributed by atoms with van der Waals surface area (Å²) in [6.45, 7) is 0.531. The standard InChI is InChI=1S/C22H27NO5S2/c24-21(25)10-14-29-16-17-30-15-11-22(26)28-13-12-27-20-8-6-19(7-9-20)23-18-4-2-1-3-5-18/h1-9,23H,10-17H2,(H,24,25). The number of ether oxygens (including phenoxy) is 2. The molecule has 0 unspecified atom stereocenters. The van der Waals surface area contributed by atoms with E-state index in [-0.39, 0.29) is 19.0 Å². The lowest BCUT2D eigenvalue weighted by Crippen LogP contribution is -2.12. The van der Waals surface area contributed by atoms with Gasteiger partial charge in [-0.15, -0.1) is 0 Å². The monoisotopic (exact) mass is 449 g/mol. The molecule has 30 heavy (non-hydrogen) atoms. The zero-order valence-corrected chi connectivity index (χ0v) is 18.4. The van der Waals surface area contributed by atoms with Crippen molar-refractivity contribution in [3.05, 3.63) is 54.6 Å². The first kappa shape index (κ1) is 24.0. The second-order valence-electron chi connectivity index (χ2n) is 6.20. The summed E-state index contributed by atoms with van der Waals surface area (Å²) in [6.07, 6.45) is 0.558. The number of benzene rings is 2. The molecule has 0 fully saturated rings. The number of carbonyl (C=O) groups is 2. The molecule has 0 spiro atoms. The van der Waals surface area contributed by atoms with Crippen molar-refractivity contribution in [2.75, 3.05) is 41.5 Å². The Balaban J connectivity index is 1.48. The van der Waals surface area contributed by atoms with Gasteiger partial charge in [-0.3, -0.25) is 9.59 Å². The minimum absolute atomic E-state index is 0.193. The van der Waals surface area contributed by atoms with Gasteiger partial charge in [-0.25, -0.2) is 0 Å². The summed E-state index contributed by atoms with van der Waals surface area (Å²) in [4.78, 5) is 22.1. The Hall–Kier alpha value is -2.32. The number of anilines is 2. The van der Waals surface area contributed by atoms with Crippen molar-refractivity contribution >= 4 is 46.8 Å². The van der Waals surface area contributed by atoms with E-state index in [1.54, 1.807) is 23.5 Å². The molecular weight excluding hydrogens is 422 g/mol. The Morgan fingerprint density at radius 3 is 2.10 bits per heavy atom. The van der Waals surface area contributed by atoms with Crippen molar-refractivity contribution in [2.45, 2.75) is 12.8 Å². The molecule has 0 amide bonds. The molecule has 2 aromatic carbocycles. The highest BCUT2D eigenvalue weighted by atomic mass is 32.2. The topological polar surface area (TPSA) is 84.9 Å². The number of hydrogen-bond acceptors (Lipinski definition) is 7. The van der Waals surface area contributed by atoms with Crippen LogP contribution in [0.1, 0.15) is 12.8 Å². The van der Waals surface area contributed by atoms with Crippen molar-refractivity contribution in [1.82, 2.24) is 0 Å². The van der Waals surface area contributed by atoms with Gasteiger partial charge in [0, 0.05) is 34.4 Å². The van der Waals surface area contributed by atoms with Gasteiger partial charge in [-0.2, -0.15) is 23.5 Å². The molecule has 2 rings (SSSR count). The number of para-hydroxylation sites is 1. The minimum Gasteiger partial charge on any atom is -0.490 e. The van der Waals surface area contributed by atoms with Crippen LogP contribution in [0.4, 0.5) is 11.4 Å². The van der Waals surface area contributed by atoms with E-state index in [0.717, 1.165) is 28.6 Å². The van der Waals surface area contributed by atoms with Crippen LogP contribution in [0.3, 0.4) is 0 Å². The second-order valence-corrected chi connectivity index (χ2v) is 8.65. The van der Waals surface area contributed by atoms with E-state index in [0.29, 0.717) is 24.5 Å². The Morgan fingerprint density at radius 2 is 1.43 bits per heavy atom. The van der Waals surface area contributed by atoms with Crippen molar-refractivity contribution in [1.29, 1.82) is 0 Å². The van der Waals surface area contributed by atoms with Crippen LogP contribution in [0.25, 0.3) is 0 Å². The van der Waals surface area contributed by atoms with Gasteiger partial charge in [-0.05, 0) is 36.4 Å². The van der Waals surface area contributed by atoms with E-state index in [2.05, 4.69) is 5.32 Å². The molecule has 0 heterocycles. The highest BCUT2D eigenvalue weighted by Gasteiger charge is 2.04. The SMILES string of the molecule is O=C(O)CCSCCSCCC(=O)OCCOc1ccc(Nc2ccccc2)cc1. The van der Waals surface area contributed by atoms with E-state index in [1.165, 1.54) is 0 Å². The predicted octanol–water partition coefficient (Wildman–Crippen LogP) is 4.68. The number of rotatable bonds is 15. The van der Waals surface area contributed by atoms with Crippen molar-refractivity contribution in [2.24, 2.45) is 0 Å².